The molecule has 0 saturated carbocycles. The third-order valence-electron chi connectivity index (χ3n) is 21.4. The van der Waals surface area contributed by atoms with E-state index in [0.717, 1.165) is 0 Å². The molecule has 0 aliphatic rings. The van der Waals surface area contributed by atoms with Crippen LogP contribution in [0.5, 0.6) is 0 Å². The molecule has 4 atom stereocenters. The van der Waals surface area contributed by atoms with Crippen molar-refractivity contribution in [1.82, 2.24) is 0 Å². The molecule has 0 amide bonds. The first kappa shape index (κ1) is 51.0. The molecule has 0 aromatic carbocycles. The van der Waals surface area contributed by atoms with Gasteiger partial charge in [-0.1, -0.05) is 228 Å². The van der Waals surface area contributed by atoms with Gasteiger partial charge in [-0.15, -0.1) is 0 Å². The molecule has 0 aromatic heterocycles. The zero-order chi connectivity index (χ0) is 42.4. The first-order chi connectivity index (χ1) is 21.5. The molecule has 0 nitrogen and oxygen atoms in total. The lowest BCUT2D eigenvalue weighted by Crippen LogP contribution is -2.72. The molecule has 0 aliphatic heterocycles. The summed E-state index contributed by atoms with van der Waals surface area (Å²) in [4.78, 5) is 0. The highest BCUT2D eigenvalue weighted by Gasteiger charge is 2.74. The van der Waals surface area contributed by atoms with Crippen molar-refractivity contribution in [3.05, 3.63) is 0 Å². The highest BCUT2D eigenvalue weighted by atomic mass is 14.8. The second-order valence-electron chi connectivity index (χ2n) is 27.1. The molecule has 0 heterocycles. The molecule has 308 valence electrons. The lowest BCUT2D eigenvalue weighted by atomic mass is 9.26. The van der Waals surface area contributed by atoms with Crippen LogP contribution >= 0.6 is 0 Å². The molecular formula is C51H104. The van der Waals surface area contributed by atoms with Crippen molar-refractivity contribution >= 4 is 0 Å². The molecule has 0 rings (SSSR count). The molecular weight excluding hydrogens is 613 g/mol. The van der Waals surface area contributed by atoms with Gasteiger partial charge in [0.05, 0.1) is 0 Å². The van der Waals surface area contributed by atoms with E-state index >= 15 is 0 Å². The Morgan fingerprint density at radius 2 is 0.588 bits per heavy atom. The fourth-order valence-corrected chi connectivity index (χ4v) is 14.5. The highest BCUT2D eigenvalue weighted by molar-refractivity contribution is 5.22. The van der Waals surface area contributed by atoms with Gasteiger partial charge in [0.2, 0.25) is 0 Å². The topological polar surface area (TPSA) is 0 Å². The van der Waals surface area contributed by atoms with Gasteiger partial charge in [-0.2, -0.15) is 0 Å². The normalized spacial score (nSPS) is 19.5. The van der Waals surface area contributed by atoms with Crippen molar-refractivity contribution in [2.45, 2.75) is 235 Å². The Balaban J connectivity index is 8.13. The fourth-order valence-electron chi connectivity index (χ4n) is 14.5. The van der Waals surface area contributed by atoms with E-state index in [-0.39, 0.29) is 75.8 Å². The second kappa shape index (κ2) is 13.6. The third-order valence-corrected chi connectivity index (χ3v) is 21.4. The van der Waals surface area contributed by atoms with Crippen LogP contribution in [0.15, 0.2) is 0 Å². The van der Waals surface area contributed by atoms with E-state index in [1.807, 2.05) is 0 Å². The minimum atomic E-state index is -0.0569. The van der Waals surface area contributed by atoms with Gasteiger partial charge in [-0.3, -0.25) is 0 Å². The van der Waals surface area contributed by atoms with E-state index in [9.17, 15) is 0 Å². The van der Waals surface area contributed by atoms with Gasteiger partial charge in [-0.25, -0.2) is 0 Å². The van der Waals surface area contributed by atoms with Gasteiger partial charge in [-0.05, 0) is 100.0 Å². The van der Waals surface area contributed by atoms with Gasteiger partial charge in [0, 0.05) is 0 Å². The monoisotopic (exact) mass is 717 g/mol. The first-order valence-electron chi connectivity index (χ1n) is 21.5. The smallest absolute Gasteiger partial charge is 0.00874 e. The Kier molecular flexibility index (Phi) is 13.6. The van der Waals surface area contributed by atoms with Crippen LogP contribution in [0.1, 0.15) is 235 Å². The first-order valence-corrected chi connectivity index (χ1v) is 21.5. The summed E-state index contributed by atoms with van der Waals surface area (Å²) in [5.41, 5.74) is 0.857. The average molecular weight is 717 g/mol. The fraction of sp³-hybridized carbons (Fsp3) is 1.00. The van der Waals surface area contributed by atoms with Crippen LogP contribution in [0.2, 0.25) is 0 Å². The Labute approximate surface area is 327 Å². The predicted octanol–water partition coefficient (Wildman–Crippen LogP) is 17.7. The van der Waals surface area contributed by atoms with E-state index in [0.29, 0.717) is 17.8 Å². The summed E-state index contributed by atoms with van der Waals surface area (Å²) < 4.78 is 0. The standard InChI is InChI=1S/C51H104/c1-34-50(33,37(4)38(5,6)7)49(31,32)51(40(11,12)13,41(14,15)16)48(29,30)46(25,26)43(19,20)36(3)35(2)42(17,18)45(23,24)47(27,28)44(21,22)39(8,9)10/h35-37H,34H2,1-33H3/t35-,36-,37+,50-/m1/s1. The van der Waals surface area contributed by atoms with Crippen molar-refractivity contribution in [3.63, 3.8) is 0 Å². The summed E-state index contributed by atoms with van der Waals surface area (Å²) >= 11 is 0. The molecule has 0 heteroatoms. The van der Waals surface area contributed by atoms with Gasteiger partial charge in [0.15, 0.2) is 0 Å². The summed E-state index contributed by atoms with van der Waals surface area (Å²) in [7, 11) is 0. The van der Waals surface area contributed by atoms with Crippen LogP contribution in [-0.2, 0) is 0 Å². The van der Waals surface area contributed by atoms with Crippen molar-refractivity contribution in [2.24, 2.45) is 93.6 Å². The minimum absolute atomic E-state index is 0.00647. The van der Waals surface area contributed by atoms with Crippen molar-refractivity contribution < 1.29 is 0 Å². The van der Waals surface area contributed by atoms with E-state index in [2.05, 4.69) is 228 Å². The number of hydrogen-bond acceptors (Lipinski definition) is 0. The zero-order valence-electron chi connectivity index (χ0n) is 42.4. The molecule has 0 aromatic rings. The second-order valence-corrected chi connectivity index (χ2v) is 27.1. The molecule has 0 bridgehead atoms. The van der Waals surface area contributed by atoms with Crippen molar-refractivity contribution in [3.8, 4) is 0 Å². The number of hydrogen-bond donors (Lipinski definition) is 0. The summed E-state index contributed by atoms with van der Waals surface area (Å²) in [6.45, 7) is 85.4. The maximum atomic E-state index is 2.71. The van der Waals surface area contributed by atoms with E-state index in [1.165, 1.54) is 6.42 Å². The maximum Gasteiger partial charge on any atom is -0.00874 e. The molecule has 0 aliphatic carbocycles. The van der Waals surface area contributed by atoms with E-state index in [4.69, 9.17) is 0 Å². The highest BCUT2D eigenvalue weighted by Crippen LogP contribution is 2.80. The SMILES string of the molecule is CC[C@](C)([C@@H](C)C(C)(C)C)C(C)(C)C(C(C)(C)C)(C(C)(C)C)C(C)(C)C(C)(C)C(C)(C)[C@H](C)[C@@H](C)C(C)(C)C(C)(C)C(C)(C)C(C)(C)C(C)(C)C. The van der Waals surface area contributed by atoms with E-state index in [1.54, 1.807) is 0 Å². The molecule has 0 spiro atoms. The average Bonchev–Trinajstić information content (AvgIpc) is 2.87. The molecule has 0 radical (unpaired) electrons. The van der Waals surface area contributed by atoms with Crippen molar-refractivity contribution in [2.75, 3.05) is 0 Å². The number of rotatable bonds is 13. The zero-order valence-corrected chi connectivity index (χ0v) is 42.4. The molecule has 51 heavy (non-hydrogen) atoms. The Morgan fingerprint density at radius 1 is 0.314 bits per heavy atom. The Bertz CT molecular complexity index is 1150. The maximum absolute atomic E-state index is 2.71. The van der Waals surface area contributed by atoms with Crippen LogP contribution in [0.4, 0.5) is 0 Å². The van der Waals surface area contributed by atoms with Gasteiger partial charge < -0.3 is 0 Å². The third kappa shape index (κ3) is 6.82. The van der Waals surface area contributed by atoms with Crippen LogP contribution in [-0.4, -0.2) is 0 Å². The lowest BCUT2D eigenvalue weighted by Gasteiger charge is -2.78. The van der Waals surface area contributed by atoms with Crippen LogP contribution in [0.3, 0.4) is 0 Å². The summed E-state index contributed by atoms with van der Waals surface area (Å²) in [6, 6.07) is 0. The van der Waals surface area contributed by atoms with Gasteiger partial charge in [0.1, 0.15) is 0 Å². The molecule has 0 saturated heterocycles. The minimum Gasteiger partial charge on any atom is -0.0648 e. The molecule has 0 N–H and O–H groups in total. The van der Waals surface area contributed by atoms with Crippen LogP contribution in [0.25, 0.3) is 0 Å². The largest absolute Gasteiger partial charge is 0.0648 e. The molecule has 0 unspecified atom stereocenters. The summed E-state index contributed by atoms with van der Waals surface area (Å²) in [5.74, 6) is 1.53. The van der Waals surface area contributed by atoms with Crippen LogP contribution in [0, 0.1) is 93.6 Å². The van der Waals surface area contributed by atoms with Gasteiger partial charge >= 0.3 is 0 Å². The predicted molar refractivity (Wildman–Crippen MR) is 236 cm³/mol. The quantitative estimate of drug-likeness (QED) is 0.178. The van der Waals surface area contributed by atoms with E-state index < -0.39 is 0 Å². The Hall–Kier alpha value is 0. The van der Waals surface area contributed by atoms with Gasteiger partial charge in [0.25, 0.3) is 0 Å². The van der Waals surface area contributed by atoms with Crippen molar-refractivity contribution in [1.29, 1.82) is 0 Å². The Morgan fingerprint density at radius 3 is 0.804 bits per heavy atom. The lowest BCUT2D eigenvalue weighted by molar-refractivity contribution is -0.303. The molecule has 0 fully saturated rings. The summed E-state index contributed by atoms with van der Waals surface area (Å²) in [6.07, 6.45) is 1.17. The summed E-state index contributed by atoms with van der Waals surface area (Å²) in [5, 5.41) is 0. The van der Waals surface area contributed by atoms with Crippen LogP contribution < -0.4 is 0 Å².